The Morgan fingerprint density at radius 2 is 1.76 bits per heavy atom. The van der Waals surface area contributed by atoms with Gasteiger partial charge in [0.05, 0.1) is 28.4 Å². The Balaban J connectivity index is 1.49. The molecule has 0 spiro atoms. The molecule has 3 N–H and O–H groups in total. The van der Waals surface area contributed by atoms with Crippen molar-refractivity contribution in [1.82, 2.24) is 0 Å². The van der Waals surface area contributed by atoms with E-state index in [1.807, 2.05) is 30.3 Å². The first-order valence-electron chi connectivity index (χ1n) is 17.7. The quantitative estimate of drug-likeness (QED) is 0.0550. The van der Waals surface area contributed by atoms with Crippen molar-refractivity contribution in [3.63, 3.8) is 0 Å². The van der Waals surface area contributed by atoms with Gasteiger partial charge < -0.3 is 29.6 Å². The second-order valence-electron chi connectivity index (χ2n) is 13.4. The smallest absolute Gasteiger partial charge is 0.269 e. The summed E-state index contributed by atoms with van der Waals surface area (Å²) in [6, 6.07) is 21.7. The normalized spacial score (nSPS) is 25.6. The first-order valence-corrected chi connectivity index (χ1v) is 18.6. The molecule has 6 atom stereocenters. The number of phenolic OH excluding ortho intramolecular Hbond substituents is 1. The van der Waals surface area contributed by atoms with E-state index in [-0.39, 0.29) is 66.8 Å². The van der Waals surface area contributed by atoms with E-state index in [0.717, 1.165) is 53.0 Å². The molecule has 11 heteroatoms. The van der Waals surface area contributed by atoms with Crippen molar-refractivity contribution in [3.8, 4) is 11.5 Å². The van der Waals surface area contributed by atoms with Gasteiger partial charge in [-0.1, -0.05) is 48.3 Å². The van der Waals surface area contributed by atoms with Crippen LogP contribution in [0.25, 0.3) is 0 Å². The fourth-order valence-electron chi connectivity index (χ4n) is 8.00. The zero-order valence-corrected chi connectivity index (χ0v) is 29.5. The number of fused-ring (bicyclic) bond motifs is 2. The second-order valence-corrected chi connectivity index (χ2v) is 14.7. The molecule has 0 radical (unpaired) electrons. The number of allylic oxidation sites excluding steroid dienone is 1. The minimum absolute atomic E-state index is 0.0109. The number of nitro groups is 1. The first-order chi connectivity index (χ1) is 24.9. The Morgan fingerprint density at radius 3 is 2.47 bits per heavy atom. The maximum atomic E-state index is 11.2. The van der Waals surface area contributed by atoms with Crippen molar-refractivity contribution in [2.24, 2.45) is 22.9 Å². The van der Waals surface area contributed by atoms with Gasteiger partial charge >= 0.3 is 0 Å². The molecule has 1 heterocycles. The van der Waals surface area contributed by atoms with E-state index in [2.05, 4.69) is 24.8 Å². The predicted molar refractivity (Wildman–Crippen MR) is 197 cm³/mol. The number of nitro benzene ring substituents is 1. The molecule has 1 aliphatic heterocycles. The van der Waals surface area contributed by atoms with E-state index >= 15 is 0 Å². The summed E-state index contributed by atoms with van der Waals surface area (Å²) in [4.78, 5) is 17.9. The summed E-state index contributed by atoms with van der Waals surface area (Å²) in [7, 11) is 0. The van der Waals surface area contributed by atoms with Crippen LogP contribution < -0.4 is 4.74 Å². The molecule has 0 aromatic heterocycles. The number of rotatable bonds is 17. The fraction of sp³-hybridized carbons (Fsp3) is 0.425. The molecule has 1 fully saturated rings. The number of non-ortho nitro benzene ring substituents is 1. The summed E-state index contributed by atoms with van der Waals surface area (Å²) in [5, 5.41) is 46.0. The molecule has 10 nitrogen and oxygen atoms in total. The number of hydrogen-bond donors (Lipinski definition) is 3. The number of thioether (sulfide) groups is 1. The summed E-state index contributed by atoms with van der Waals surface area (Å²) in [6.07, 6.45) is 9.29. The van der Waals surface area contributed by atoms with E-state index in [1.165, 1.54) is 12.1 Å². The van der Waals surface area contributed by atoms with Crippen LogP contribution in [0.1, 0.15) is 62.0 Å². The lowest BCUT2D eigenvalue weighted by Crippen LogP contribution is -2.64. The van der Waals surface area contributed by atoms with Gasteiger partial charge in [-0.3, -0.25) is 10.1 Å². The van der Waals surface area contributed by atoms with Gasteiger partial charge in [-0.05, 0) is 91.1 Å². The van der Waals surface area contributed by atoms with Crippen molar-refractivity contribution < 1.29 is 34.6 Å². The van der Waals surface area contributed by atoms with Crippen LogP contribution in [0.3, 0.4) is 0 Å². The molecule has 270 valence electrons. The van der Waals surface area contributed by atoms with Gasteiger partial charge in [0.25, 0.3) is 5.69 Å². The third-order valence-electron chi connectivity index (χ3n) is 10.2. The summed E-state index contributed by atoms with van der Waals surface area (Å²) in [5.41, 5.74) is 3.45. The van der Waals surface area contributed by atoms with E-state index in [9.17, 15) is 25.4 Å². The van der Waals surface area contributed by atoms with E-state index in [1.54, 1.807) is 36.0 Å². The van der Waals surface area contributed by atoms with Crippen LogP contribution in [-0.2, 0) is 16.2 Å². The van der Waals surface area contributed by atoms with Crippen LogP contribution in [0, 0.1) is 27.9 Å². The zero-order chi connectivity index (χ0) is 35.8. The van der Waals surface area contributed by atoms with Crippen LogP contribution in [0.5, 0.6) is 11.5 Å². The number of benzene rings is 3. The average molecular weight is 715 g/mol. The van der Waals surface area contributed by atoms with E-state index in [0.29, 0.717) is 25.0 Å². The van der Waals surface area contributed by atoms with Gasteiger partial charge in [-0.15, -0.1) is 18.3 Å². The molecule has 0 unspecified atom stereocenters. The van der Waals surface area contributed by atoms with Gasteiger partial charge in [0, 0.05) is 48.1 Å². The predicted octanol–water partition coefficient (Wildman–Crippen LogP) is 7.93. The molecule has 0 amide bonds. The van der Waals surface area contributed by atoms with Crippen molar-refractivity contribution >= 4 is 23.2 Å². The highest BCUT2D eigenvalue weighted by Crippen LogP contribution is 2.63. The van der Waals surface area contributed by atoms with Crippen molar-refractivity contribution in [2.45, 2.75) is 73.4 Å². The molecular weight excluding hydrogens is 669 g/mol. The highest BCUT2D eigenvalue weighted by Gasteiger charge is 2.64. The second kappa shape index (κ2) is 16.9. The minimum Gasteiger partial charge on any atom is -0.508 e. The number of aliphatic hydroxyl groups is 2. The van der Waals surface area contributed by atoms with Crippen molar-refractivity contribution in [1.29, 1.82) is 0 Å². The standard InChI is InChI=1S/C40H46N2O8S/c1-2-22-48-40-37(51-31-11-4-3-5-12-31)25-35(41-49-26-27-14-16-29(17-15-27)42(46)47)33-23-28(10-6-8-20-43)32(13-7-9-21-44)38(39(33)40)34-24-30(45)18-19-36(34)50-40/h2-5,11-12,14-19,23-24,28,32,37-39,43-45H,1,6-10,13,20-22,25-26H2/t28-,32+,37-,38+,39+,40+/m0/s1. The fourth-order valence-corrected chi connectivity index (χ4v) is 9.31. The largest absolute Gasteiger partial charge is 0.508 e. The molecule has 3 aliphatic rings. The average Bonchev–Trinajstić information content (AvgIpc) is 3.14. The Hall–Kier alpha value is -4.16. The number of aromatic hydroxyl groups is 1. The van der Waals surface area contributed by atoms with E-state index in [4.69, 9.17) is 19.5 Å². The minimum atomic E-state index is -1.13. The number of phenols is 1. The van der Waals surface area contributed by atoms with Gasteiger partial charge in [0.2, 0.25) is 5.79 Å². The highest BCUT2D eigenvalue weighted by atomic mass is 32.2. The Kier molecular flexibility index (Phi) is 12.1. The molecule has 0 saturated heterocycles. The molecule has 0 bridgehead atoms. The topological polar surface area (TPSA) is 144 Å². The maximum absolute atomic E-state index is 11.2. The van der Waals surface area contributed by atoms with Crippen LogP contribution in [0.4, 0.5) is 5.69 Å². The lowest BCUT2D eigenvalue weighted by Gasteiger charge is -2.58. The number of oxime groups is 1. The van der Waals surface area contributed by atoms with Gasteiger partial charge in [-0.2, -0.15) is 0 Å². The molecular formula is C40H46N2O8S. The Morgan fingerprint density at radius 1 is 1.02 bits per heavy atom. The van der Waals surface area contributed by atoms with Crippen molar-refractivity contribution in [3.05, 3.63) is 118 Å². The van der Waals surface area contributed by atoms with Crippen LogP contribution >= 0.6 is 11.8 Å². The molecule has 3 aromatic carbocycles. The summed E-state index contributed by atoms with van der Waals surface area (Å²) < 4.78 is 14.0. The first kappa shape index (κ1) is 36.6. The van der Waals surface area contributed by atoms with Crippen LogP contribution in [-0.4, -0.2) is 56.8 Å². The summed E-state index contributed by atoms with van der Waals surface area (Å²) >= 11 is 1.67. The maximum Gasteiger partial charge on any atom is 0.269 e. The number of hydrogen-bond acceptors (Lipinski definition) is 10. The molecule has 51 heavy (non-hydrogen) atoms. The van der Waals surface area contributed by atoms with Gasteiger partial charge in [-0.25, -0.2) is 0 Å². The summed E-state index contributed by atoms with van der Waals surface area (Å²) in [6.45, 7) is 4.60. The summed E-state index contributed by atoms with van der Waals surface area (Å²) in [5.74, 6) is -0.491. The molecule has 1 saturated carbocycles. The van der Waals surface area contributed by atoms with Crippen molar-refractivity contribution in [2.75, 3.05) is 19.8 Å². The lowest BCUT2D eigenvalue weighted by atomic mass is 9.56. The van der Waals surface area contributed by atoms with Crippen LogP contribution in [0.15, 0.2) is 107 Å². The number of ether oxygens (including phenoxy) is 2. The number of nitrogens with zero attached hydrogens (tertiary/aromatic N) is 2. The van der Waals surface area contributed by atoms with Crippen LogP contribution in [0.2, 0.25) is 0 Å². The zero-order valence-electron chi connectivity index (χ0n) is 28.6. The van der Waals surface area contributed by atoms with Gasteiger partial charge in [0.15, 0.2) is 0 Å². The molecule has 3 aromatic rings. The number of aliphatic hydroxyl groups excluding tert-OH is 2. The lowest BCUT2D eigenvalue weighted by molar-refractivity contribution is -0.384. The highest BCUT2D eigenvalue weighted by molar-refractivity contribution is 8.00. The monoisotopic (exact) mass is 714 g/mol. The van der Waals surface area contributed by atoms with Gasteiger partial charge in [0.1, 0.15) is 18.1 Å². The Bertz CT molecular complexity index is 1720. The SMILES string of the molecule is C=CCO[C@@]12Oc3ccc(O)cc3[C@H]3[C@H](CCCCO)[C@@H](CCCCO)C=C(C(=NOCc4ccc([N+](=O)[O-])cc4)C[C@@H]1Sc1ccccc1)[C@H]32. The third kappa shape index (κ3) is 8.02. The van der Waals surface area contributed by atoms with E-state index < -0.39 is 10.7 Å². The third-order valence-corrected chi connectivity index (χ3v) is 11.5. The Labute approximate surface area is 303 Å². The molecule has 6 rings (SSSR count). The molecule has 2 aliphatic carbocycles. The number of unbranched alkanes of at least 4 members (excludes halogenated alkanes) is 2.